The Balaban J connectivity index is 2.04. The van der Waals surface area contributed by atoms with Crippen LogP contribution in [0.3, 0.4) is 0 Å². The maximum Gasteiger partial charge on any atom is 0.303 e. The number of esters is 4. The molecule has 1 aliphatic heterocycles. The van der Waals surface area contributed by atoms with Crippen molar-refractivity contribution < 1.29 is 57.1 Å². The van der Waals surface area contributed by atoms with E-state index in [1.807, 2.05) is 30.3 Å². The van der Waals surface area contributed by atoms with Crippen LogP contribution in [-0.2, 0) is 49.3 Å². The lowest BCUT2D eigenvalue weighted by Gasteiger charge is -2.44. The van der Waals surface area contributed by atoms with Gasteiger partial charge in [-0.3, -0.25) is 19.2 Å². The minimum Gasteiger partial charge on any atom is -0.497 e. The van der Waals surface area contributed by atoms with Crippen molar-refractivity contribution in [3.05, 3.63) is 53.6 Å². The molecule has 222 valence electrons. The van der Waals surface area contributed by atoms with Crippen molar-refractivity contribution in [1.29, 1.82) is 0 Å². The Morgan fingerprint density at radius 1 is 0.707 bits per heavy atom. The first-order valence-electron chi connectivity index (χ1n) is 12.8. The fourth-order valence-electron chi connectivity index (χ4n) is 4.29. The topological polar surface area (TPSA) is 142 Å². The number of benzene rings is 2. The largest absolute Gasteiger partial charge is 0.497 e. The van der Waals surface area contributed by atoms with Crippen molar-refractivity contribution in [2.45, 2.75) is 64.8 Å². The average Bonchev–Trinajstić information content (AvgIpc) is 2.91. The van der Waals surface area contributed by atoms with Gasteiger partial charge in [0.05, 0.1) is 14.2 Å². The van der Waals surface area contributed by atoms with Crippen LogP contribution in [0.2, 0.25) is 0 Å². The number of carbonyl (C=O) groups excluding carboxylic acids is 4. The summed E-state index contributed by atoms with van der Waals surface area (Å²) in [7, 11) is 3.08. The van der Waals surface area contributed by atoms with Gasteiger partial charge in [-0.05, 0) is 29.3 Å². The third kappa shape index (κ3) is 8.84. The molecule has 1 saturated heterocycles. The lowest BCUT2D eigenvalue weighted by atomic mass is 9.98. The van der Waals surface area contributed by atoms with Crippen molar-refractivity contribution in [3.8, 4) is 17.2 Å². The van der Waals surface area contributed by atoms with E-state index in [2.05, 4.69) is 0 Å². The number of hydrogen-bond acceptors (Lipinski definition) is 12. The number of methoxy groups -OCH3 is 2. The van der Waals surface area contributed by atoms with E-state index in [9.17, 15) is 19.2 Å². The summed E-state index contributed by atoms with van der Waals surface area (Å²) in [6.45, 7) is 4.29. The summed E-state index contributed by atoms with van der Waals surface area (Å²) in [6, 6.07) is 12.7. The van der Waals surface area contributed by atoms with Gasteiger partial charge in [0, 0.05) is 40.2 Å². The first-order chi connectivity index (χ1) is 19.5. The first kappa shape index (κ1) is 31.2. The van der Waals surface area contributed by atoms with Crippen molar-refractivity contribution in [2.24, 2.45) is 0 Å². The minimum atomic E-state index is -1.38. The molecule has 0 bridgehead atoms. The normalized spacial score (nSPS) is 21.7. The zero-order valence-corrected chi connectivity index (χ0v) is 23.7. The quantitative estimate of drug-likeness (QED) is 0.288. The Morgan fingerprint density at radius 3 is 1.83 bits per heavy atom. The molecular formula is C29H34O12. The molecule has 3 rings (SSSR count). The van der Waals surface area contributed by atoms with Crippen molar-refractivity contribution in [3.63, 3.8) is 0 Å². The summed E-state index contributed by atoms with van der Waals surface area (Å²) in [4.78, 5) is 47.8. The van der Waals surface area contributed by atoms with Crippen LogP contribution in [0.5, 0.6) is 17.2 Å². The second-order valence-electron chi connectivity index (χ2n) is 9.18. The van der Waals surface area contributed by atoms with Crippen LogP contribution in [0.1, 0.15) is 38.8 Å². The van der Waals surface area contributed by atoms with Gasteiger partial charge in [0.15, 0.2) is 12.2 Å². The number of ether oxygens (including phenoxy) is 8. The molecular weight excluding hydrogens is 540 g/mol. The fourth-order valence-corrected chi connectivity index (χ4v) is 4.29. The Labute approximate surface area is 237 Å². The summed E-state index contributed by atoms with van der Waals surface area (Å²) >= 11 is 0. The second kappa shape index (κ2) is 14.4. The molecule has 0 radical (unpaired) electrons. The van der Waals surface area contributed by atoms with Crippen LogP contribution in [-0.4, -0.2) is 75.4 Å². The van der Waals surface area contributed by atoms with Crippen LogP contribution in [0.25, 0.3) is 0 Å². The SMILES string of the molecule is COc1ccc(Cc2ccc(OC)cc2O[C@@H]2O[C@H](COC(C)=O)[C@@H](OC(C)=O)[C@H](OC(C)=O)[C@H]2OC(C)=O)cc1. The Bertz CT molecular complexity index is 1220. The molecule has 0 aliphatic carbocycles. The molecule has 5 atom stereocenters. The van der Waals surface area contributed by atoms with E-state index in [1.165, 1.54) is 14.0 Å². The van der Waals surface area contributed by atoms with Gasteiger partial charge in [0.2, 0.25) is 12.4 Å². The second-order valence-corrected chi connectivity index (χ2v) is 9.18. The number of rotatable bonds is 11. The Kier molecular flexibility index (Phi) is 10.9. The van der Waals surface area contributed by atoms with E-state index >= 15 is 0 Å². The standard InChI is InChI=1S/C29H34O12/c1-16(30)36-15-25-26(37-17(2)31)27(38-18(3)32)28(39-19(4)33)29(41-25)40-24-14-23(35-6)12-9-21(24)13-20-7-10-22(34-5)11-8-20/h7-12,14,25-29H,13,15H2,1-6H3/t25-,26-,27+,28-,29-/m1/s1. The molecule has 0 amide bonds. The van der Waals surface area contributed by atoms with Crippen LogP contribution < -0.4 is 14.2 Å². The smallest absolute Gasteiger partial charge is 0.303 e. The molecule has 1 fully saturated rings. The van der Waals surface area contributed by atoms with Crippen LogP contribution >= 0.6 is 0 Å². The highest BCUT2D eigenvalue weighted by Gasteiger charge is 2.53. The Morgan fingerprint density at radius 2 is 1.27 bits per heavy atom. The highest BCUT2D eigenvalue weighted by molar-refractivity contribution is 5.68. The summed E-state index contributed by atoms with van der Waals surface area (Å²) < 4.78 is 44.5. The molecule has 12 nitrogen and oxygen atoms in total. The molecule has 0 N–H and O–H groups in total. The fraction of sp³-hybridized carbons (Fsp3) is 0.448. The third-order valence-corrected chi connectivity index (χ3v) is 6.02. The zero-order valence-electron chi connectivity index (χ0n) is 23.7. The van der Waals surface area contributed by atoms with E-state index in [4.69, 9.17) is 37.9 Å². The number of carbonyl (C=O) groups is 4. The van der Waals surface area contributed by atoms with E-state index < -0.39 is 54.6 Å². The van der Waals surface area contributed by atoms with Crippen LogP contribution in [0.15, 0.2) is 42.5 Å². The molecule has 2 aromatic rings. The summed E-state index contributed by atoms with van der Waals surface area (Å²) in [5.41, 5.74) is 1.67. The van der Waals surface area contributed by atoms with Gasteiger partial charge in [0.25, 0.3) is 0 Å². The maximum absolute atomic E-state index is 12.1. The monoisotopic (exact) mass is 574 g/mol. The predicted molar refractivity (Wildman–Crippen MR) is 141 cm³/mol. The number of hydrogen-bond donors (Lipinski definition) is 0. The third-order valence-electron chi connectivity index (χ3n) is 6.02. The van der Waals surface area contributed by atoms with E-state index in [-0.39, 0.29) is 6.61 Å². The van der Waals surface area contributed by atoms with Gasteiger partial charge >= 0.3 is 23.9 Å². The van der Waals surface area contributed by atoms with Crippen molar-refractivity contribution >= 4 is 23.9 Å². The molecule has 41 heavy (non-hydrogen) atoms. The zero-order chi connectivity index (χ0) is 30.1. The molecule has 1 aliphatic rings. The van der Waals surface area contributed by atoms with Gasteiger partial charge in [0.1, 0.15) is 30.0 Å². The lowest BCUT2D eigenvalue weighted by Crippen LogP contribution is -2.63. The molecule has 12 heteroatoms. The average molecular weight is 575 g/mol. The van der Waals surface area contributed by atoms with E-state index in [1.54, 1.807) is 19.2 Å². The van der Waals surface area contributed by atoms with E-state index in [0.29, 0.717) is 23.7 Å². The first-order valence-corrected chi connectivity index (χ1v) is 12.8. The molecule has 2 aromatic carbocycles. The predicted octanol–water partition coefficient (Wildman–Crippen LogP) is 2.76. The van der Waals surface area contributed by atoms with Crippen molar-refractivity contribution in [1.82, 2.24) is 0 Å². The van der Waals surface area contributed by atoms with Crippen molar-refractivity contribution in [2.75, 3.05) is 20.8 Å². The Hall–Kier alpha value is -4.32. The lowest BCUT2D eigenvalue weighted by molar-refractivity contribution is -0.288. The van der Waals surface area contributed by atoms with Gasteiger partial charge < -0.3 is 37.9 Å². The summed E-state index contributed by atoms with van der Waals surface area (Å²) in [5, 5.41) is 0. The molecule has 0 aromatic heterocycles. The van der Waals surface area contributed by atoms with Crippen LogP contribution in [0, 0.1) is 0 Å². The van der Waals surface area contributed by atoms with Gasteiger partial charge in [-0.2, -0.15) is 0 Å². The summed E-state index contributed by atoms with van der Waals surface area (Å²) in [6.07, 6.45) is -6.08. The molecule has 0 spiro atoms. The molecule has 1 heterocycles. The molecule has 0 saturated carbocycles. The van der Waals surface area contributed by atoms with Gasteiger partial charge in [-0.15, -0.1) is 0 Å². The highest BCUT2D eigenvalue weighted by Crippen LogP contribution is 2.34. The van der Waals surface area contributed by atoms with Crippen LogP contribution in [0.4, 0.5) is 0 Å². The summed E-state index contributed by atoms with van der Waals surface area (Å²) in [5.74, 6) is -1.30. The minimum absolute atomic E-state index is 0.320. The van der Waals surface area contributed by atoms with Gasteiger partial charge in [-0.1, -0.05) is 18.2 Å². The van der Waals surface area contributed by atoms with E-state index in [0.717, 1.165) is 31.9 Å². The highest BCUT2D eigenvalue weighted by atomic mass is 16.7. The molecule has 0 unspecified atom stereocenters. The maximum atomic E-state index is 12.1. The van der Waals surface area contributed by atoms with Gasteiger partial charge in [-0.25, -0.2) is 0 Å².